The van der Waals surface area contributed by atoms with Gasteiger partial charge in [0.2, 0.25) is 0 Å². The molecule has 0 aliphatic carbocycles. The number of aryl methyl sites for hydroxylation is 1. The molecule has 2 aromatic rings. The van der Waals surface area contributed by atoms with Crippen LogP contribution in [0.25, 0.3) is 0 Å². The van der Waals surface area contributed by atoms with Crippen molar-refractivity contribution in [1.29, 1.82) is 0 Å². The quantitative estimate of drug-likeness (QED) is 0.716. The van der Waals surface area contributed by atoms with Crippen LogP contribution in [0.4, 0.5) is 0 Å². The number of carbonyl (C=O) groups excluding carboxylic acids is 1. The van der Waals surface area contributed by atoms with E-state index >= 15 is 0 Å². The zero-order valence-electron chi connectivity index (χ0n) is 13.2. The molecule has 0 saturated heterocycles. The van der Waals surface area contributed by atoms with Crippen molar-refractivity contribution in [2.75, 3.05) is 20.1 Å². The van der Waals surface area contributed by atoms with Gasteiger partial charge in [0.25, 0.3) is 5.91 Å². The number of benzene rings is 1. The second-order valence-corrected chi connectivity index (χ2v) is 6.50. The lowest BCUT2D eigenvalue weighted by Gasteiger charge is -2.03. The molecule has 0 radical (unpaired) electrons. The van der Waals surface area contributed by atoms with E-state index in [0.717, 1.165) is 29.4 Å². The highest BCUT2D eigenvalue weighted by molar-refractivity contribution is 7.13. The molecule has 0 saturated carbocycles. The maximum absolute atomic E-state index is 12.1. The van der Waals surface area contributed by atoms with Gasteiger partial charge in [-0.15, -0.1) is 11.3 Å². The fourth-order valence-electron chi connectivity index (χ4n) is 1.95. The first-order valence-electron chi connectivity index (χ1n) is 7.37. The summed E-state index contributed by atoms with van der Waals surface area (Å²) in [6, 6.07) is 7.15. The second-order valence-electron chi connectivity index (χ2n) is 4.98. The van der Waals surface area contributed by atoms with Crippen molar-refractivity contribution >= 4 is 28.8 Å². The van der Waals surface area contributed by atoms with Gasteiger partial charge in [-0.1, -0.05) is 11.6 Å². The third-order valence-corrected chi connectivity index (χ3v) is 4.49. The first kappa shape index (κ1) is 17.7. The lowest BCUT2D eigenvalue weighted by atomic mass is 10.3. The Bertz CT molecular complexity index is 643. The summed E-state index contributed by atoms with van der Waals surface area (Å²) in [7, 11) is 1.89. The highest BCUT2D eigenvalue weighted by Crippen LogP contribution is 2.21. The van der Waals surface area contributed by atoms with Crippen LogP contribution in [0, 0.1) is 6.92 Å². The van der Waals surface area contributed by atoms with Gasteiger partial charge < -0.3 is 15.4 Å². The maximum atomic E-state index is 12.1. The predicted octanol–water partition coefficient (Wildman–Crippen LogP) is 3.02. The smallest absolute Gasteiger partial charge is 0.263 e. The molecule has 2 rings (SSSR count). The number of amides is 1. The zero-order valence-corrected chi connectivity index (χ0v) is 14.8. The predicted molar refractivity (Wildman–Crippen MR) is 93.5 cm³/mol. The largest absolute Gasteiger partial charge is 0.486 e. The number of halogens is 1. The molecule has 23 heavy (non-hydrogen) atoms. The van der Waals surface area contributed by atoms with E-state index in [-0.39, 0.29) is 5.91 Å². The van der Waals surface area contributed by atoms with Crippen LogP contribution < -0.4 is 15.4 Å². The van der Waals surface area contributed by atoms with Gasteiger partial charge in [0, 0.05) is 11.6 Å². The number of carbonyl (C=O) groups is 1. The molecule has 124 valence electrons. The van der Waals surface area contributed by atoms with E-state index in [2.05, 4.69) is 15.6 Å². The number of ether oxygens (including phenoxy) is 1. The Balaban J connectivity index is 1.89. The molecule has 0 aliphatic rings. The Morgan fingerprint density at radius 3 is 2.74 bits per heavy atom. The van der Waals surface area contributed by atoms with E-state index in [1.165, 1.54) is 11.3 Å². The van der Waals surface area contributed by atoms with Crippen LogP contribution in [0.1, 0.15) is 26.8 Å². The van der Waals surface area contributed by atoms with Crippen molar-refractivity contribution in [3.63, 3.8) is 0 Å². The van der Waals surface area contributed by atoms with Crippen molar-refractivity contribution in [3.8, 4) is 5.75 Å². The average molecular weight is 354 g/mol. The van der Waals surface area contributed by atoms with E-state index in [9.17, 15) is 4.79 Å². The first-order chi connectivity index (χ1) is 11.1. The number of rotatable bonds is 8. The minimum absolute atomic E-state index is 0.0751. The molecule has 1 amide bonds. The third kappa shape index (κ3) is 5.49. The molecule has 0 aliphatic heterocycles. The molecular weight excluding hydrogens is 334 g/mol. The van der Waals surface area contributed by atoms with Gasteiger partial charge in [0.1, 0.15) is 22.2 Å². The average Bonchev–Trinajstić information content (AvgIpc) is 2.92. The van der Waals surface area contributed by atoms with Gasteiger partial charge in [-0.25, -0.2) is 4.98 Å². The molecular formula is C16H20ClN3O2S. The van der Waals surface area contributed by atoms with Gasteiger partial charge in [-0.05, 0) is 51.2 Å². The lowest BCUT2D eigenvalue weighted by molar-refractivity contribution is 0.0956. The molecule has 7 heteroatoms. The fraction of sp³-hybridized carbons (Fsp3) is 0.375. The van der Waals surface area contributed by atoms with Crippen LogP contribution in [0.2, 0.25) is 5.02 Å². The Hall–Kier alpha value is -1.63. The van der Waals surface area contributed by atoms with Gasteiger partial charge in [0.15, 0.2) is 0 Å². The summed E-state index contributed by atoms with van der Waals surface area (Å²) < 4.78 is 5.66. The van der Waals surface area contributed by atoms with Gasteiger partial charge in [-0.3, -0.25) is 4.79 Å². The van der Waals surface area contributed by atoms with Gasteiger partial charge in [-0.2, -0.15) is 0 Å². The van der Waals surface area contributed by atoms with Crippen LogP contribution in [-0.2, 0) is 6.61 Å². The Morgan fingerprint density at radius 2 is 2.04 bits per heavy atom. The van der Waals surface area contributed by atoms with E-state index in [1.807, 2.05) is 14.0 Å². The summed E-state index contributed by atoms with van der Waals surface area (Å²) >= 11 is 7.20. The zero-order chi connectivity index (χ0) is 16.7. The maximum Gasteiger partial charge on any atom is 0.263 e. The summed E-state index contributed by atoms with van der Waals surface area (Å²) in [6.07, 6.45) is 0.895. The number of nitrogens with one attached hydrogen (secondary N) is 2. The highest BCUT2D eigenvalue weighted by Gasteiger charge is 2.15. The Labute approximate surface area is 145 Å². The Kier molecular flexibility index (Phi) is 6.83. The molecule has 0 unspecified atom stereocenters. The first-order valence-corrected chi connectivity index (χ1v) is 8.57. The van der Waals surface area contributed by atoms with Gasteiger partial charge in [0.05, 0.1) is 5.69 Å². The molecule has 0 fully saturated rings. The van der Waals surface area contributed by atoms with Crippen LogP contribution in [0.3, 0.4) is 0 Å². The summed E-state index contributed by atoms with van der Waals surface area (Å²) in [5, 5.41) is 7.39. The minimum Gasteiger partial charge on any atom is -0.486 e. The SMILES string of the molecule is CNCCCNC(=O)c1sc(COc2ccc(Cl)cc2)nc1C. The number of aromatic nitrogens is 1. The minimum atomic E-state index is -0.0751. The van der Waals surface area contributed by atoms with Crippen molar-refractivity contribution in [2.24, 2.45) is 0 Å². The standard InChI is InChI=1S/C16H20ClN3O2S/c1-11-15(16(21)19-9-3-8-18-2)23-14(20-11)10-22-13-6-4-12(17)5-7-13/h4-7,18H,3,8-10H2,1-2H3,(H,19,21). The van der Waals surface area contributed by atoms with Crippen LogP contribution in [0.15, 0.2) is 24.3 Å². The van der Waals surface area contributed by atoms with E-state index in [0.29, 0.717) is 23.1 Å². The third-order valence-electron chi connectivity index (χ3n) is 3.11. The van der Waals surface area contributed by atoms with Gasteiger partial charge >= 0.3 is 0 Å². The fourth-order valence-corrected chi connectivity index (χ4v) is 2.97. The Morgan fingerprint density at radius 1 is 1.30 bits per heavy atom. The molecule has 0 atom stereocenters. The lowest BCUT2D eigenvalue weighted by Crippen LogP contribution is -2.26. The van der Waals surface area contributed by atoms with E-state index in [4.69, 9.17) is 16.3 Å². The van der Waals surface area contributed by atoms with Crippen LogP contribution in [-0.4, -0.2) is 31.0 Å². The highest BCUT2D eigenvalue weighted by atomic mass is 35.5. The summed E-state index contributed by atoms with van der Waals surface area (Å²) in [4.78, 5) is 17.2. The number of thiazole rings is 1. The van der Waals surface area contributed by atoms with E-state index in [1.54, 1.807) is 24.3 Å². The number of hydrogen-bond donors (Lipinski definition) is 2. The van der Waals surface area contributed by atoms with Crippen molar-refractivity contribution in [1.82, 2.24) is 15.6 Å². The van der Waals surface area contributed by atoms with Crippen molar-refractivity contribution in [2.45, 2.75) is 20.0 Å². The molecule has 0 spiro atoms. The second kappa shape index (κ2) is 8.86. The van der Waals surface area contributed by atoms with Crippen LogP contribution >= 0.6 is 22.9 Å². The van der Waals surface area contributed by atoms with E-state index < -0.39 is 0 Å². The summed E-state index contributed by atoms with van der Waals surface area (Å²) in [5.41, 5.74) is 0.732. The number of nitrogens with zero attached hydrogens (tertiary/aromatic N) is 1. The molecule has 1 aromatic carbocycles. The molecule has 2 N–H and O–H groups in total. The molecule has 1 heterocycles. The molecule has 1 aromatic heterocycles. The molecule has 5 nitrogen and oxygen atoms in total. The number of hydrogen-bond acceptors (Lipinski definition) is 5. The normalized spacial score (nSPS) is 10.6. The topological polar surface area (TPSA) is 63.2 Å². The molecule has 0 bridgehead atoms. The van der Waals surface area contributed by atoms with Crippen molar-refractivity contribution in [3.05, 3.63) is 44.9 Å². The van der Waals surface area contributed by atoms with Crippen LogP contribution in [0.5, 0.6) is 5.75 Å². The summed E-state index contributed by atoms with van der Waals surface area (Å²) in [5.74, 6) is 0.647. The van der Waals surface area contributed by atoms with Crippen molar-refractivity contribution < 1.29 is 9.53 Å². The summed E-state index contributed by atoms with van der Waals surface area (Å²) in [6.45, 7) is 3.70. The monoisotopic (exact) mass is 353 g/mol.